The molecule has 0 radical (unpaired) electrons. The van der Waals surface area contributed by atoms with Crippen molar-refractivity contribution in [2.75, 3.05) is 0 Å². The highest BCUT2D eigenvalue weighted by atomic mass is 32.2. The van der Waals surface area contributed by atoms with Crippen LogP contribution in [0.4, 0.5) is 26.3 Å². The molecule has 0 saturated heterocycles. The van der Waals surface area contributed by atoms with Gasteiger partial charge < -0.3 is 4.98 Å². The summed E-state index contributed by atoms with van der Waals surface area (Å²) in [4.78, 5) is 1.18. The van der Waals surface area contributed by atoms with Gasteiger partial charge >= 0.3 is 26.5 Å². The fourth-order valence-electron chi connectivity index (χ4n) is 3.27. The molecule has 0 amide bonds. The second-order valence-corrected chi connectivity index (χ2v) is 9.98. The Balaban J connectivity index is 2.25. The van der Waals surface area contributed by atoms with E-state index in [9.17, 15) is 43.2 Å². The number of H-pyrrole nitrogens is 1. The van der Waals surface area contributed by atoms with E-state index in [1.54, 1.807) is 0 Å². The molecule has 0 saturated carbocycles. The van der Waals surface area contributed by atoms with Gasteiger partial charge in [0, 0.05) is 11.1 Å². The maximum atomic E-state index is 14.3. The fourth-order valence-corrected chi connectivity index (χ4v) is 5.21. The molecule has 3 rings (SSSR count). The van der Waals surface area contributed by atoms with Crippen LogP contribution >= 0.6 is 0 Å². The second kappa shape index (κ2) is 6.35. The number of aromatic nitrogens is 1. The number of aryl methyl sites for hydroxylation is 2. The lowest BCUT2D eigenvalue weighted by atomic mass is 9.96. The minimum atomic E-state index is -7.07. The Bertz CT molecular complexity index is 1190. The number of sulfone groups is 1. The van der Waals surface area contributed by atoms with Crippen molar-refractivity contribution in [3.63, 3.8) is 0 Å². The summed E-state index contributed by atoms with van der Waals surface area (Å²) < 4.78 is 137. The van der Waals surface area contributed by atoms with Gasteiger partial charge in [-0.2, -0.15) is 34.8 Å². The Hall–Kier alpha value is -1.80. The van der Waals surface area contributed by atoms with Gasteiger partial charge in [-0.05, 0) is 37.3 Å². The molecule has 1 aromatic carbocycles. The Morgan fingerprint density at radius 1 is 0.897 bits per heavy atom. The van der Waals surface area contributed by atoms with E-state index in [0.717, 1.165) is 6.07 Å². The maximum Gasteiger partial charge on any atom is 0.439 e. The Kier molecular flexibility index (Phi) is 4.79. The van der Waals surface area contributed by atoms with E-state index < -0.39 is 46.8 Å². The zero-order chi connectivity index (χ0) is 22.0. The number of benzene rings is 1. The summed E-state index contributed by atoms with van der Waals surface area (Å²) in [6, 6.07) is 2.86. The van der Waals surface area contributed by atoms with E-state index in [1.165, 1.54) is 6.07 Å². The van der Waals surface area contributed by atoms with Crippen molar-refractivity contribution >= 4 is 30.9 Å². The Morgan fingerprint density at radius 3 is 2.07 bits per heavy atom. The lowest BCUT2D eigenvalue weighted by Gasteiger charge is -2.30. The molecule has 0 fully saturated rings. The molecule has 29 heavy (non-hydrogen) atoms. The molecule has 1 aliphatic rings. The third kappa shape index (κ3) is 2.86. The third-order valence-corrected chi connectivity index (χ3v) is 7.53. The molecule has 2 N–H and O–H groups in total. The first kappa shape index (κ1) is 21.9. The summed E-state index contributed by atoms with van der Waals surface area (Å²) in [6.45, 7) is 0. The summed E-state index contributed by atoms with van der Waals surface area (Å²) >= 11 is 0. The first-order chi connectivity index (χ1) is 13.1. The summed E-state index contributed by atoms with van der Waals surface area (Å²) in [5, 5.41) is -13.2. The largest absolute Gasteiger partial charge is 0.439 e. The minimum absolute atomic E-state index is 0.154. The van der Waals surface area contributed by atoms with E-state index in [0.29, 0.717) is 43.0 Å². The quantitative estimate of drug-likeness (QED) is 0.519. The van der Waals surface area contributed by atoms with Gasteiger partial charge in [-0.3, -0.25) is 4.55 Å². The lowest BCUT2D eigenvalue weighted by molar-refractivity contribution is -0.245. The summed E-state index contributed by atoms with van der Waals surface area (Å²) in [6.07, 6.45) is 2.32. The van der Waals surface area contributed by atoms with Crippen molar-refractivity contribution in [1.82, 2.24) is 4.98 Å². The molecular weight excluding hydrogens is 452 g/mol. The van der Waals surface area contributed by atoms with Crippen LogP contribution in [0.3, 0.4) is 0 Å². The molecule has 0 bridgehead atoms. The van der Waals surface area contributed by atoms with Crippen LogP contribution < -0.4 is 0 Å². The molecule has 0 atom stereocenters. The van der Waals surface area contributed by atoms with Crippen molar-refractivity contribution in [1.29, 1.82) is 0 Å². The van der Waals surface area contributed by atoms with E-state index in [2.05, 4.69) is 4.98 Å². The van der Waals surface area contributed by atoms with Crippen LogP contribution in [-0.2, 0) is 32.8 Å². The summed E-state index contributed by atoms with van der Waals surface area (Å²) in [7, 11) is -13.6. The topological polar surface area (TPSA) is 104 Å². The Morgan fingerprint density at radius 2 is 1.48 bits per heavy atom. The smallest absolute Gasteiger partial charge is 0.357 e. The molecular formula is C15H13F6NO5S2. The first-order valence-electron chi connectivity index (χ1n) is 8.05. The maximum absolute atomic E-state index is 14.3. The number of nitrogens with one attached hydrogen (secondary N) is 1. The van der Waals surface area contributed by atoms with Crippen molar-refractivity contribution in [3.8, 4) is 0 Å². The summed E-state index contributed by atoms with van der Waals surface area (Å²) in [5.41, 5.74) is 0.638. The van der Waals surface area contributed by atoms with Gasteiger partial charge in [-0.1, -0.05) is 12.1 Å². The van der Waals surface area contributed by atoms with Crippen molar-refractivity contribution in [2.45, 2.75) is 47.0 Å². The predicted octanol–water partition coefficient (Wildman–Crippen LogP) is 3.53. The average molecular weight is 465 g/mol. The first-order valence-corrected chi connectivity index (χ1v) is 11.0. The van der Waals surface area contributed by atoms with E-state index >= 15 is 0 Å². The SMILES string of the molecule is O=S(=O)(O)C(F)(F)C(F)(F)C(F)(F)S(=O)(=O)c1cccc2c3c([nH]c12)CCCC3. The zero-order valence-electron chi connectivity index (χ0n) is 14.2. The third-order valence-electron chi connectivity index (χ3n) is 4.78. The van der Waals surface area contributed by atoms with E-state index in [1.807, 2.05) is 0 Å². The highest BCUT2D eigenvalue weighted by Crippen LogP contribution is 2.52. The highest BCUT2D eigenvalue weighted by Gasteiger charge is 2.82. The molecule has 1 aliphatic carbocycles. The monoisotopic (exact) mass is 465 g/mol. The van der Waals surface area contributed by atoms with Crippen LogP contribution in [-0.4, -0.2) is 42.8 Å². The van der Waals surface area contributed by atoms with Gasteiger partial charge in [0.25, 0.3) is 9.84 Å². The molecule has 6 nitrogen and oxygen atoms in total. The highest BCUT2D eigenvalue weighted by molar-refractivity contribution is 7.93. The Labute approximate surface area is 160 Å². The molecule has 1 aromatic heterocycles. The van der Waals surface area contributed by atoms with Gasteiger partial charge in [0.15, 0.2) is 0 Å². The summed E-state index contributed by atoms with van der Waals surface area (Å²) in [5.74, 6) is -6.97. The van der Waals surface area contributed by atoms with Gasteiger partial charge in [0.2, 0.25) is 0 Å². The molecule has 0 spiro atoms. The predicted molar refractivity (Wildman–Crippen MR) is 88.5 cm³/mol. The van der Waals surface area contributed by atoms with E-state index in [-0.39, 0.29) is 5.39 Å². The number of rotatable bonds is 5. The van der Waals surface area contributed by atoms with Crippen LogP contribution in [0.5, 0.6) is 0 Å². The molecule has 1 heterocycles. The minimum Gasteiger partial charge on any atom is -0.357 e. The lowest BCUT2D eigenvalue weighted by Crippen LogP contribution is -2.60. The number of para-hydroxylation sites is 1. The molecule has 162 valence electrons. The molecule has 0 unspecified atom stereocenters. The fraction of sp³-hybridized carbons (Fsp3) is 0.467. The molecule has 14 heteroatoms. The molecule has 0 aliphatic heterocycles. The average Bonchev–Trinajstić information content (AvgIpc) is 2.98. The van der Waals surface area contributed by atoms with Gasteiger partial charge in [0.1, 0.15) is 0 Å². The normalized spacial score (nSPS) is 16.8. The van der Waals surface area contributed by atoms with Crippen LogP contribution in [0, 0.1) is 0 Å². The van der Waals surface area contributed by atoms with Crippen molar-refractivity contribution in [3.05, 3.63) is 29.5 Å². The van der Waals surface area contributed by atoms with Crippen molar-refractivity contribution < 1.29 is 47.7 Å². The van der Waals surface area contributed by atoms with Crippen LogP contribution in [0.1, 0.15) is 24.1 Å². The number of aromatic amines is 1. The second-order valence-electron chi connectivity index (χ2n) is 6.55. The van der Waals surface area contributed by atoms with Gasteiger partial charge in [-0.15, -0.1) is 0 Å². The van der Waals surface area contributed by atoms with Gasteiger partial charge in [0.05, 0.1) is 10.4 Å². The number of halogens is 6. The number of alkyl halides is 6. The number of hydrogen-bond acceptors (Lipinski definition) is 4. The van der Waals surface area contributed by atoms with E-state index in [4.69, 9.17) is 4.55 Å². The van der Waals surface area contributed by atoms with Gasteiger partial charge in [-0.25, -0.2) is 8.42 Å². The van der Waals surface area contributed by atoms with Crippen LogP contribution in [0.25, 0.3) is 10.9 Å². The standard InChI is InChI=1S/C15H13F6NO5S2/c16-13(17,15(20,21)29(25,26)27)14(18,19)28(23,24)11-7-3-5-9-8-4-1-2-6-10(8)22-12(9)11/h3,5,7,22H,1-2,4,6H2,(H,25,26,27). The van der Waals surface area contributed by atoms with Crippen LogP contribution in [0.2, 0.25) is 0 Å². The zero-order valence-corrected chi connectivity index (χ0v) is 15.9. The van der Waals surface area contributed by atoms with Crippen LogP contribution in [0.15, 0.2) is 23.1 Å². The number of hydrogen-bond donors (Lipinski definition) is 2. The molecule has 2 aromatic rings. The van der Waals surface area contributed by atoms with Crippen molar-refractivity contribution in [2.24, 2.45) is 0 Å². The number of fused-ring (bicyclic) bond motifs is 3.